The van der Waals surface area contributed by atoms with Gasteiger partial charge >= 0.3 is 5.97 Å². The Balaban J connectivity index is 1.59. The largest absolute Gasteiger partial charge is 0.467 e. The maximum atomic E-state index is 12.2. The van der Waals surface area contributed by atoms with Gasteiger partial charge in [0.2, 0.25) is 0 Å². The van der Waals surface area contributed by atoms with Crippen LogP contribution in [-0.4, -0.2) is 26.7 Å². The van der Waals surface area contributed by atoms with E-state index in [1.165, 1.54) is 7.11 Å². The maximum Gasteiger partial charge on any atom is 0.341 e. The summed E-state index contributed by atoms with van der Waals surface area (Å²) in [5.74, 6) is 0.372. The third-order valence-electron chi connectivity index (χ3n) is 4.49. The van der Waals surface area contributed by atoms with Crippen molar-refractivity contribution in [2.75, 3.05) is 20.7 Å². The minimum absolute atomic E-state index is 0.0215. The van der Waals surface area contributed by atoms with Gasteiger partial charge in [0.05, 0.1) is 20.3 Å². The molecule has 0 heterocycles. The van der Waals surface area contributed by atoms with Crippen molar-refractivity contribution in [3.63, 3.8) is 0 Å². The summed E-state index contributed by atoms with van der Waals surface area (Å²) in [7, 11) is 1.33. The smallest absolute Gasteiger partial charge is 0.341 e. The summed E-state index contributed by atoms with van der Waals surface area (Å²) in [6.45, 7) is 2.68. The van der Waals surface area contributed by atoms with Crippen LogP contribution < -0.4 is 9.47 Å². The van der Waals surface area contributed by atoms with E-state index in [2.05, 4.69) is 0 Å². The Hall–Kier alpha value is -3.35. The predicted octanol–water partition coefficient (Wildman–Crippen LogP) is 4.89. The molecule has 0 N–H and O–H groups in total. The molecular formula is C25H26O6. The summed E-state index contributed by atoms with van der Waals surface area (Å²) < 4.78 is 27.5. The Labute approximate surface area is 182 Å². The van der Waals surface area contributed by atoms with E-state index >= 15 is 0 Å². The van der Waals surface area contributed by atoms with Crippen molar-refractivity contribution in [2.24, 2.45) is 0 Å². The molecule has 0 aliphatic rings. The van der Waals surface area contributed by atoms with E-state index in [0.29, 0.717) is 35.8 Å². The van der Waals surface area contributed by atoms with Crippen LogP contribution in [0.15, 0.2) is 72.8 Å². The third-order valence-corrected chi connectivity index (χ3v) is 4.49. The minimum Gasteiger partial charge on any atom is -0.467 e. The van der Waals surface area contributed by atoms with Crippen LogP contribution in [0.2, 0.25) is 0 Å². The summed E-state index contributed by atoms with van der Waals surface area (Å²) in [4.78, 5) is 12.2. The zero-order chi connectivity index (χ0) is 21.9. The molecule has 0 spiro atoms. The van der Waals surface area contributed by atoms with E-state index in [1.54, 1.807) is 19.1 Å². The summed E-state index contributed by atoms with van der Waals surface area (Å²) in [6.07, 6.45) is 0. The highest BCUT2D eigenvalue weighted by Crippen LogP contribution is 2.29. The number of methoxy groups -OCH3 is 1. The molecule has 0 saturated heterocycles. The summed E-state index contributed by atoms with van der Waals surface area (Å²) >= 11 is 0. The van der Waals surface area contributed by atoms with Crippen LogP contribution in [0.4, 0.5) is 0 Å². The molecule has 6 heteroatoms. The minimum atomic E-state index is -0.484. The van der Waals surface area contributed by atoms with E-state index in [1.807, 2.05) is 60.7 Å². The van der Waals surface area contributed by atoms with Gasteiger partial charge in [-0.15, -0.1) is 0 Å². The molecule has 6 nitrogen and oxygen atoms in total. The van der Waals surface area contributed by atoms with Gasteiger partial charge in [0, 0.05) is 6.07 Å². The van der Waals surface area contributed by atoms with Crippen LogP contribution in [0.3, 0.4) is 0 Å². The van der Waals surface area contributed by atoms with Gasteiger partial charge in [-0.25, -0.2) is 4.79 Å². The monoisotopic (exact) mass is 422 g/mol. The molecule has 0 aromatic heterocycles. The molecule has 0 aliphatic carbocycles. The number of carbonyl (C=O) groups excluding carboxylic acids is 1. The molecule has 162 valence electrons. The quantitative estimate of drug-likeness (QED) is 0.249. The first-order valence-electron chi connectivity index (χ1n) is 9.89. The first-order chi connectivity index (χ1) is 15.2. The molecule has 0 saturated carbocycles. The van der Waals surface area contributed by atoms with Gasteiger partial charge in [0.15, 0.2) is 13.6 Å². The first-order valence-corrected chi connectivity index (χ1v) is 9.89. The average molecular weight is 422 g/mol. The molecule has 0 atom stereocenters. The molecule has 0 amide bonds. The summed E-state index contributed by atoms with van der Waals surface area (Å²) in [5.41, 5.74) is 3.10. The molecule has 31 heavy (non-hydrogen) atoms. The maximum absolute atomic E-state index is 12.2. The van der Waals surface area contributed by atoms with Crippen LogP contribution in [0, 0.1) is 6.92 Å². The van der Waals surface area contributed by atoms with Crippen molar-refractivity contribution in [3.05, 3.63) is 95.1 Å². The molecule has 3 rings (SSSR count). The molecule has 3 aromatic carbocycles. The number of benzene rings is 3. The Morgan fingerprint density at radius 3 is 1.87 bits per heavy atom. The van der Waals surface area contributed by atoms with Gasteiger partial charge in [-0.3, -0.25) is 0 Å². The summed E-state index contributed by atoms with van der Waals surface area (Å²) in [6, 6.07) is 23.0. The van der Waals surface area contributed by atoms with Crippen molar-refractivity contribution in [2.45, 2.75) is 20.1 Å². The molecule has 3 aromatic rings. The fourth-order valence-corrected chi connectivity index (χ4v) is 2.97. The van der Waals surface area contributed by atoms with Crippen molar-refractivity contribution in [1.29, 1.82) is 0 Å². The van der Waals surface area contributed by atoms with Crippen molar-refractivity contribution >= 4 is 5.97 Å². The highest BCUT2D eigenvalue weighted by molar-refractivity contribution is 5.94. The lowest BCUT2D eigenvalue weighted by Crippen LogP contribution is -2.11. The second-order valence-corrected chi connectivity index (χ2v) is 6.80. The fraction of sp³-hybridized carbons (Fsp3) is 0.240. The van der Waals surface area contributed by atoms with Crippen LogP contribution in [0.1, 0.15) is 27.0 Å². The number of carbonyl (C=O) groups is 1. The fourth-order valence-electron chi connectivity index (χ4n) is 2.97. The van der Waals surface area contributed by atoms with Crippen molar-refractivity contribution < 1.29 is 28.5 Å². The zero-order valence-corrected chi connectivity index (χ0v) is 17.7. The molecule has 0 fully saturated rings. The van der Waals surface area contributed by atoms with Crippen molar-refractivity contribution in [3.8, 4) is 11.5 Å². The third kappa shape index (κ3) is 6.84. The van der Waals surface area contributed by atoms with Crippen LogP contribution in [0.25, 0.3) is 0 Å². The Morgan fingerprint density at radius 1 is 0.774 bits per heavy atom. The van der Waals surface area contributed by atoms with Gasteiger partial charge in [-0.2, -0.15) is 0 Å². The van der Waals surface area contributed by atoms with Crippen LogP contribution >= 0.6 is 0 Å². The average Bonchev–Trinajstić information content (AvgIpc) is 2.80. The molecule has 0 aliphatic heterocycles. The lowest BCUT2D eigenvalue weighted by atomic mass is 10.1. The van der Waals surface area contributed by atoms with Gasteiger partial charge in [0.25, 0.3) is 0 Å². The lowest BCUT2D eigenvalue weighted by Gasteiger charge is -2.15. The number of hydrogen-bond donors (Lipinski definition) is 0. The van der Waals surface area contributed by atoms with E-state index in [4.69, 9.17) is 23.7 Å². The topological polar surface area (TPSA) is 63.2 Å². The Bertz CT molecular complexity index is 957. The lowest BCUT2D eigenvalue weighted by molar-refractivity contribution is 0.000548. The SMILES string of the molecule is COC(=O)c1c(C)cc(OCOCc2ccccc2)cc1OCOCc1ccccc1. The number of esters is 1. The van der Waals surface area contributed by atoms with E-state index in [9.17, 15) is 4.79 Å². The van der Waals surface area contributed by atoms with Crippen LogP contribution in [-0.2, 0) is 27.4 Å². The van der Waals surface area contributed by atoms with Gasteiger partial charge in [-0.1, -0.05) is 60.7 Å². The standard InChI is InChI=1S/C25H26O6/c1-19-13-22(30-17-28-15-20-9-5-3-6-10-20)14-23(24(19)25(26)27-2)31-18-29-16-21-11-7-4-8-12-21/h3-14H,15-18H2,1-2H3. The molecule has 0 radical (unpaired) electrons. The molecular weight excluding hydrogens is 396 g/mol. The Kier molecular flexibility index (Phi) is 8.46. The Morgan fingerprint density at radius 2 is 1.32 bits per heavy atom. The van der Waals surface area contributed by atoms with E-state index in [0.717, 1.165) is 11.1 Å². The highest BCUT2D eigenvalue weighted by atomic mass is 16.7. The molecule has 0 bridgehead atoms. The van der Waals surface area contributed by atoms with E-state index < -0.39 is 5.97 Å². The second kappa shape index (κ2) is 11.7. The second-order valence-electron chi connectivity index (χ2n) is 6.80. The van der Waals surface area contributed by atoms with Gasteiger partial charge in [0.1, 0.15) is 17.1 Å². The van der Waals surface area contributed by atoms with Crippen molar-refractivity contribution in [1.82, 2.24) is 0 Å². The first kappa shape index (κ1) is 22.3. The van der Waals surface area contributed by atoms with Gasteiger partial charge < -0.3 is 23.7 Å². The number of hydrogen-bond acceptors (Lipinski definition) is 6. The number of rotatable bonds is 11. The van der Waals surface area contributed by atoms with Crippen LogP contribution in [0.5, 0.6) is 11.5 Å². The predicted molar refractivity (Wildman–Crippen MR) is 116 cm³/mol. The number of aryl methyl sites for hydroxylation is 1. The van der Waals surface area contributed by atoms with E-state index in [-0.39, 0.29) is 13.6 Å². The highest BCUT2D eigenvalue weighted by Gasteiger charge is 2.18. The molecule has 0 unspecified atom stereocenters. The number of ether oxygens (including phenoxy) is 5. The van der Waals surface area contributed by atoms with Gasteiger partial charge in [-0.05, 0) is 29.7 Å². The normalized spacial score (nSPS) is 10.5. The summed E-state index contributed by atoms with van der Waals surface area (Å²) in [5, 5.41) is 0. The zero-order valence-electron chi connectivity index (χ0n) is 17.7.